The molecule has 1 saturated carbocycles. The molecule has 2 atom stereocenters. The van der Waals surface area contributed by atoms with Crippen LogP contribution in [0.2, 0.25) is 0 Å². The van der Waals surface area contributed by atoms with Gasteiger partial charge < -0.3 is 14.4 Å². The topological polar surface area (TPSA) is 64.6 Å². The lowest BCUT2D eigenvalue weighted by molar-refractivity contribution is -0.162. The number of fused-ring (bicyclic) bond motifs is 1. The Morgan fingerprint density at radius 2 is 2.04 bits per heavy atom. The van der Waals surface area contributed by atoms with Gasteiger partial charge in [-0.1, -0.05) is 0 Å². The monoisotopic (exact) mass is 373 g/mol. The molecule has 2 aliphatic heterocycles. The zero-order chi connectivity index (χ0) is 18.6. The van der Waals surface area contributed by atoms with Crippen LogP contribution < -0.4 is 4.74 Å². The summed E-state index contributed by atoms with van der Waals surface area (Å²) in [5.41, 5.74) is -0.114. The van der Waals surface area contributed by atoms with Gasteiger partial charge in [0.1, 0.15) is 18.1 Å². The highest BCUT2D eigenvalue weighted by atomic mass is 19.2. The molecule has 2 aromatic rings. The highest BCUT2D eigenvalue weighted by Crippen LogP contribution is 2.51. The molecular weight excluding hydrogens is 356 g/mol. The first-order valence-corrected chi connectivity index (χ1v) is 8.94. The maximum atomic E-state index is 13.3. The van der Waals surface area contributed by atoms with Crippen LogP contribution in [0, 0.1) is 11.6 Å². The van der Waals surface area contributed by atoms with Crippen LogP contribution in [0.15, 0.2) is 36.8 Å². The Bertz CT molecular complexity index is 889. The number of benzene rings is 1. The number of amides is 1. The Labute approximate surface area is 154 Å². The SMILES string of the molecule is O=C1N2[C@@H](CC[C@H]2c2cnccn2)OC12CC(Oc1ccc(F)c(F)c1)C2. The molecule has 1 aromatic carbocycles. The molecule has 0 bridgehead atoms. The quantitative estimate of drug-likeness (QED) is 0.828. The first kappa shape index (κ1) is 16.6. The van der Waals surface area contributed by atoms with Gasteiger partial charge >= 0.3 is 0 Å². The molecule has 1 amide bonds. The summed E-state index contributed by atoms with van der Waals surface area (Å²) in [6.45, 7) is 0. The van der Waals surface area contributed by atoms with E-state index in [1.54, 1.807) is 23.5 Å². The highest BCUT2D eigenvalue weighted by Gasteiger charge is 2.63. The molecule has 8 heteroatoms. The minimum Gasteiger partial charge on any atom is -0.490 e. The smallest absolute Gasteiger partial charge is 0.257 e. The van der Waals surface area contributed by atoms with Gasteiger partial charge in [0.05, 0.1) is 17.9 Å². The van der Waals surface area contributed by atoms with Crippen molar-refractivity contribution in [2.45, 2.75) is 49.7 Å². The predicted molar refractivity (Wildman–Crippen MR) is 88.5 cm³/mol. The lowest BCUT2D eigenvalue weighted by Crippen LogP contribution is -2.56. The lowest BCUT2D eigenvalue weighted by atomic mass is 9.76. The average Bonchev–Trinajstić information content (AvgIpc) is 3.17. The molecule has 2 saturated heterocycles. The Balaban J connectivity index is 1.28. The molecule has 0 radical (unpaired) electrons. The van der Waals surface area contributed by atoms with Crippen molar-refractivity contribution in [1.29, 1.82) is 0 Å². The lowest BCUT2D eigenvalue weighted by Gasteiger charge is -2.42. The summed E-state index contributed by atoms with van der Waals surface area (Å²) in [6, 6.07) is 3.29. The second-order valence-electron chi connectivity index (χ2n) is 7.23. The number of carbonyl (C=O) groups excluding carboxylic acids is 1. The van der Waals surface area contributed by atoms with Crippen molar-refractivity contribution in [3.8, 4) is 5.75 Å². The van der Waals surface area contributed by atoms with E-state index in [1.165, 1.54) is 6.07 Å². The number of ether oxygens (including phenoxy) is 2. The van der Waals surface area contributed by atoms with E-state index in [0.717, 1.165) is 30.7 Å². The number of nitrogens with zero attached hydrogens (tertiary/aromatic N) is 3. The number of halogens is 2. The summed E-state index contributed by atoms with van der Waals surface area (Å²) in [6.07, 6.45) is 6.71. The fourth-order valence-electron chi connectivity index (χ4n) is 4.26. The molecule has 5 rings (SSSR count). The average molecular weight is 373 g/mol. The van der Waals surface area contributed by atoms with E-state index in [0.29, 0.717) is 12.8 Å². The fraction of sp³-hybridized carbons (Fsp3) is 0.421. The van der Waals surface area contributed by atoms with Crippen LogP contribution in [0.25, 0.3) is 0 Å². The highest BCUT2D eigenvalue weighted by molar-refractivity contribution is 5.89. The van der Waals surface area contributed by atoms with E-state index in [-0.39, 0.29) is 30.0 Å². The second-order valence-corrected chi connectivity index (χ2v) is 7.23. The van der Waals surface area contributed by atoms with Gasteiger partial charge in [-0.05, 0) is 25.0 Å². The predicted octanol–water partition coefficient (Wildman–Crippen LogP) is 2.75. The number of carbonyl (C=O) groups is 1. The minimum atomic E-state index is -0.956. The van der Waals surface area contributed by atoms with Crippen LogP contribution in [-0.2, 0) is 9.53 Å². The van der Waals surface area contributed by atoms with Crippen molar-refractivity contribution in [2.24, 2.45) is 0 Å². The van der Waals surface area contributed by atoms with Gasteiger partial charge in [0, 0.05) is 31.3 Å². The van der Waals surface area contributed by atoms with Crippen molar-refractivity contribution in [2.75, 3.05) is 0 Å². The maximum Gasteiger partial charge on any atom is 0.257 e. The molecule has 1 aromatic heterocycles. The standard InChI is InChI=1S/C19H17F2N3O3/c20-13-2-1-11(7-14(13)21)26-12-8-19(9-12)18(25)24-16(3-4-17(24)27-19)15-10-22-5-6-23-15/h1-2,5-7,10,12,16-17H,3-4,8-9H2/t12?,16-,17+,19?/m0/s1. The van der Waals surface area contributed by atoms with Crippen molar-refractivity contribution in [1.82, 2.24) is 14.9 Å². The molecule has 3 fully saturated rings. The molecule has 6 nitrogen and oxygen atoms in total. The number of aromatic nitrogens is 2. The molecule has 1 spiro atoms. The third-order valence-corrected chi connectivity index (χ3v) is 5.55. The van der Waals surface area contributed by atoms with Gasteiger partial charge in [-0.3, -0.25) is 14.8 Å². The van der Waals surface area contributed by atoms with Crippen LogP contribution >= 0.6 is 0 Å². The van der Waals surface area contributed by atoms with E-state index in [1.807, 2.05) is 0 Å². The van der Waals surface area contributed by atoms with E-state index < -0.39 is 17.2 Å². The van der Waals surface area contributed by atoms with Gasteiger partial charge in [-0.25, -0.2) is 8.78 Å². The molecule has 3 heterocycles. The maximum absolute atomic E-state index is 13.3. The van der Waals surface area contributed by atoms with E-state index in [9.17, 15) is 13.6 Å². The Hall–Kier alpha value is -2.61. The Morgan fingerprint density at radius 1 is 1.19 bits per heavy atom. The van der Waals surface area contributed by atoms with E-state index in [2.05, 4.69) is 9.97 Å². The third-order valence-electron chi connectivity index (χ3n) is 5.55. The summed E-state index contributed by atoms with van der Waals surface area (Å²) in [5, 5.41) is 0. The minimum absolute atomic E-state index is 0.0502. The van der Waals surface area contributed by atoms with Crippen molar-refractivity contribution >= 4 is 5.91 Å². The van der Waals surface area contributed by atoms with Crippen LogP contribution in [0.1, 0.15) is 37.4 Å². The summed E-state index contributed by atoms with van der Waals surface area (Å²) >= 11 is 0. The van der Waals surface area contributed by atoms with Crippen LogP contribution in [0.3, 0.4) is 0 Å². The second kappa shape index (κ2) is 5.95. The molecule has 27 heavy (non-hydrogen) atoms. The van der Waals surface area contributed by atoms with E-state index in [4.69, 9.17) is 9.47 Å². The van der Waals surface area contributed by atoms with E-state index >= 15 is 0 Å². The summed E-state index contributed by atoms with van der Waals surface area (Å²) < 4.78 is 38.1. The van der Waals surface area contributed by atoms with Crippen molar-refractivity contribution in [3.63, 3.8) is 0 Å². The zero-order valence-electron chi connectivity index (χ0n) is 14.3. The first-order chi connectivity index (χ1) is 13.1. The fourth-order valence-corrected chi connectivity index (χ4v) is 4.26. The molecule has 0 unspecified atom stereocenters. The van der Waals surface area contributed by atoms with Crippen molar-refractivity contribution < 1.29 is 23.0 Å². The number of hydrogen-bond donors (Lipinski definition) is 0. The van der Waals surface area contributed by atoms with Gasteiger partial charge in [0.15, 0.2) is 17.2 Å². The molecule has 0 N–H and O–H groups in total. The van der Waals surface area contributed by atoms with Gasteiger partial charge in [0.2, 0.25) is 0 Å². The Morgan fingerprint density at radius 3 is 2.78 bits per heavy atom. The number of hydrogen-bond acceptors (Lipinski definition) is 5. The molecule has 3 aliphatic rings. The first-order valence-electron chi connectivity index (χ1n) is 8.94. The van der Waals surface area contributed by atoms with Gasteiger partial charge in [-0.2, -0.15) is 0 Å². The summed E-state index contributed by atoms with van der Waals surface area (Å²) in [5.74, 6) is -1.68. The molecule has 140 valence electrons. The summed E-state index contributed by atoms with van der Waals surface area (Å²) in [4.78, 5) is 23.3. The van der Waals surface area contributed by atoms with Gasteiger partial charge in [-0.15, -0.1) is 0 Å². The zero-order valence-corrected chi connectivity index (χ0v) is 14.3. The number of rotatable bonds is 3. The van der Waals surface area contributed by atoms with Crippen LogP contribution in [0.4, 0.5) is 8.78 Å². The third kappa shape index (κ3) is 2.58. The normalized spacial score (nSPS) is 31.9. The van der Waals surface area contributed by atoms with Crippen LogP contribution in [-0.4, -0.2) is 38.7 Å². The molecule has 1 aliphatic carbocycles. The Kier molecular flexibility index (Phi) is 3.65. The van der Waals surface area contributed by atoms with Crippen LogP contribution in [0.5, 0.6) is 5.75 Å². The van der Waals surface area contributed by atoms with Gasteiger partial charge in [0.25, 0.3) is 5.91 Å². The van der Waals surface area contributed by atoms with Crippen molar-refractivity contribution in [3.05, 3.63) is 54.1 Å². The summed E-state index contributed by atoms with van der Waals surface area (Å²) in [7, 11) is 0. The largest absolute Gasteiger partial charge is 0.490 e. The molecular formula is C19H17F2N3O3.